The van der Waals surface area contributed by atoms with Crippen molar-refractivity contribution in [2.24, 2.45) is 0 Å². The van der Waals surface area contributed by atoms with Crippen molar-refractivity contribution in [2.45, 2.75) is 5.76 Å². The molecule has 0 bridgehead atoms. The lowest BCUT2D eigenvalue weighted by Crippen LogP contribution is -2.20. The molecule has 1 aromatic rings. The molecule has 0 fully saturated rings. The van der Waals surface area contributed by atoms with E-state index in [9.17, 15) is 22.0 Å². The highest BCUT2D eigenvalue weighted by Gasteiger charge is 2.23. The average Bonchev–Trinajstić information content (AvgIpc) is 2.28. The maximum atomic E-state index is 12.0. The molecule has 0 aliphatic carbocycles. The number of methoxy groups -OCH3 is 1. The molecule has 5 nitrogen and oxygen atoms in total. The number of nitrogens with one attached hydrogen (secondary N) is 1. The molecule has 0 unspecified atom stereocenters. The first-order valence-electron chi connectivity index (χ1n) is 4.35. The van der Waals surface area contributed by atoms with Gasteiger partial charge in [-0.25, -0.2) is 13.2 Å². The van der Waals surface area contributed by atoms with Crippen LogP contribution in [0.1, 0.15) is 10.4 Å². The zero-order chi connectivity index (χ0) is 13.1. The molecule has 0 aliphatic rings. The van der Waals surface area contributed by atoms with Crippen LogP contribution in [0.3, 0.4) is 0 Å². The van der Waals surface area contributed by atoms with Crippen LogP contribution < -0.4 is 4.72 Å². The van der Waals surface area contributed by atoms with E-state index in [4.69, 9.17) is 0 Å². The molecule has 94 valence electrons. The van der Waals surface area contributed by atoms with E-state index in [1.54, 1.807) is 4.72 Å². The van der Waals surface area contributed by atoms with Gasteiger partial charge in [-0.1, -0.05) is 0 Å². The van der Waals surface area contributed by atoms with E-state index in [1.807, 2.05) is 0 Å². The maximum absolute atomic E-state index is 12.0. The lowest BCUT2D eigenvalue weighted by atomic mass is 10.2. The van der Waals surface area contributed by atoms with Crippen LogP contribution in [0.15, 0.2) is 24.3 Å². The van der Waals surface area contributed by atoms with Gasteiger partial charge in [-0.2, -0.15) is 8.78 Å². The minimum Gasteiger partial charge on any atom is -0.465 e. The number of hydrogen-bond donors (Lipinski definition) is 1. The smallest absolute Gasteiger partial charge is 0.355 e. The van der Waals surface area contributed by atoms with Crippen molar-refractivity contribution in [3.05, 3.63) is 29.8 Å². The SMILES string of the molecule is COC(=O)c1ccc(NS(=O)(=O)C(F)F)cc1. The number of hydrogen-bond acceptors (Lipinski definition) is 4. The van der Waals surface area contributed by atoms with Crippen molar-refractivity contribution in [3.63, 3.8) is 0 Å². The summed E-state index contributed by atoms with van der Waals surface area (Å²) in [6.07, 6.45) is 0. The molecule has 0 heterocycles. The Hall–Kier alpha value is -1.70. The lowest BCUT2D eigenvalue weighted by molar-refractivity contribution is 0.0601. The third kappa shape index (κ3) is 3.38. The van der Waals surface area contributed by atoms with Crippen molar-refractivity contribution >= 4 is 21.7 Å². The van der Waals surface area contributed by atoms with Crippen molar-refractivity contribution in [1.29, 1.82) is 0 Å². The molecular formula is C9H9F2NO4S. The number of benzene rings is 1. The van der Waals surface area contributed by atoms with E-state index in [1.165, 1.54) is 31.4 Å². The Bertz CT molecular complexity index is 498. The number of rotatable bonds is 4. The van der Waals surface area contributed by atoms with Crippen LogP contribution in [0, 0.1) is 0 Å². The molecule has 0 atom stereocenters. The lowest BCUT2D eigenvalue weighted by Gasteiger charge is -2.07. The van der Waals surface area contributed by atoms with Crippen LogP contribution in [0.2, 0.25) is 0 Å². The number of sulfonamides is 1. The fourth-order valence-electron chi connectivity index (χ4n) is 1.00. The Labute approximate surface area is 96.4 Å². The first kappa shape index (κ1) is 13.4. The Kier molecular flexibility index (Phi) is 4.00. The third-order valence-electron chi connectivity index (χ3n) is 1.80. The largest absolute Gasteiger partial charge is 0.465 e. The monoisotopic (exact) mass is 265 g/mol. The van der Waals surface area contributed by atoms with Gasteiger partial charge < -0.3 is 4.74 Å². The van der Waals surface area contributed by atoms with Crippen molar-refractivity contribution in [1.82, 2.24) is 0 Å². The first-order chi connectivity index (χ1) is 7.86. The zero-order valence-electron chi connectivity index (χ0n) is 8.68. The van der Waals surface area contributed by atoms with Gasteiger partial charge in [0, 0.05) is 5.69 Å². The molecule has 0 radical (unpaired) electrons. The topological polar surface area (TPSA) is 72.5 Å². The number of carbonyl (C=O) groups is 1. The minimum absolute atomic E-state index is 0.0575. The van der Waals surface area contributed by atoms with Gasteiger partial charge >= 0.3 is 11.7 Å². The highest BCUT2D eigenvalue weighted by Crippen LogP contribution is 2.15. The number of halogens is 2. The summed E-state index contributed by atoms with van der Waals surface area (Å²) in [6.45, 7) is 0. The maximum Gasteiger partial charge on any atom is 0.355 e. The van der Waals surface area contributed by atoms with Crippen LogP contribution in [-0.2, 0) is 14.8 Å². The molecule has 1 N–H and O–H groups in total. The van der Waals surface area contributed by atoms with Crippen molar-refractivity contribution in [2.75, 3.05) is 11.8 Å². The normalized spacial score (nSPS) is 11.3. The number of alkyl halides is 2. The minimum atomic E-state index is -4.69. The van der Waals surface area contributed by atoms with Gasteiger partial charge in [0.2, 0.25) is 0 Å². The molecule has 0 saturated carbocycles. The van der Waals surface area contributed by atoms with Gasteiger partial charge in [0.15, 0.2) is 0 Å². The van der Waals surface area contributed by atoms with Gasteiger partial charge in [-0.3, -0.25) is 4.72 Å². The third-order valence-corrected chi connectivity index (χ3v) is 2.79. The van der Waals surface area contributed by atoms with E-state index in [0.29, 0.717) is 0 Å². The second-order valence-corrected chi connectivity index (χ2v) is 4.63. The summed E-state index contributed by atoms with van der Waals surface area (Å²) in [5.41, 5.74) is 0.130. The van der Waals surface area contributed by atoms with Gasteiger partial charge in [0.1, 0.15) is 0 Å². The molecule has 0 aliphatic heterocycles. The van der Waals surface area contributed by atoms with E-state index >= 15 is 0 Å². The van der Waals surface area contributed by atoms with Crippen LogP contribution in [-0.4, -0.2) is 27.3 Å². The number of carbonyl (C=O) groups excluding carboxylic acids is 1. The molecule has 1 rings (SSSR count). The van der Waals surface area contributed by atoms with Crippen LogP contribution >= 0.6 is 0 Å². The second-order valence-electron chi connectivity index (χ2n) is 2.98. The summed E-state index contributed by atoms with van der Waals surface area (Å²) in [5, 5.41) is 0. The number of anilines is 1. The van der Waals surface area contributed by atoms with E-state index < -0.39 is 21.8 Å². The second kappa shape index (κ2) is 5.09. The standard InChI is InChI=1S/C9H9F2NO4S/c1-16-8(13)6-2-4-7(5-3-6)12-17(14,15)9(10)11/h2-5,9,12H,1H3. The highest BCUT2D eigenvalue weighted by atomic mass is 32.2. The molecule has 1 aromatic carbocycles. The van der Waals surface area contributed by atoms with E-state index in [-0.39, 0.29) is 11.3 Å². The summed E-state index contributed by atoms with van der Waals surface area (Å²) in [4.78, 5) is 11.0. The van der Waals surface area contributed by atoms with Gasteiger partial charge in [0.25, 0.3) is 10.0 Å². The Morgan fingerprint density at radius 1 is 1.29 bits per heavy atom. The molecule has 0 spiro atoms. The van der Waals surface area contributed by atoms with Crippen LogP contribution in [0.4, 0.5) is 14.5 Å². The number of ether oxygens (including phenoxy) is 1. The summed E-state index contributed by atoms with van der Waals surface area (Å²) in [5.74, 6) is -4.11. The average molecular weight is 265 g/mol. The number of esters is 1. The molecule has 0 amide bonds. The van der Waals surface area contributed by atoms with Gasteiger partial charge in [0.05, 0.1) is 12.7 Å². The quantitative estimate of drug-likeness (QED) is 0.836. The first-order valence-corrected chi connectivity index (χ1v) is 5.89. The summed E-state index contributed by atoms with van der Waals surface area (Å²) in [6, 6.07) is 4.89. The zero-order valence-corrected chi connectivity index (χ0v) is 9.50. The fourth-order valence-corrected chi connectivity index (χ4v) is 1.55. The van der Waals surface area contributed by atoms with E-state index in [0.717, 1.165) is 0 Å². The van der Waals surface area contributed by atoms with Crippen molar-refractivity contribution in [3.8, 4) is 0 Å². The Morgan fingerprint density at radius 2 is 1.82 bits per heavy atom. The molecule has 0 saturated heterocycles. The fraction of sp³-hybridized carbons (Fsp3) is 0.222. The van der Waals surface area contributed by atoms with Crippen LogP contribution in [0.25, 0.3) is 0 Å². The van der Waals surface area contributed by atoms with Crippen molar-refractivity contribution < 1.29 is 26.7 Å². The highest BCUT2D eigenvalue weighted by molar-refractivity contribution is 7.93. The summed E-state index contributed by atoms with van der Waals surface area (Å²) in [7, 11) is -3.50. The molecule has 0 aromatic heterocycles. The van der Waals surface area contributed by atoms with Gasteiger partial charge in [-0.05, 0) is 24.3 Å². The summed E-state index contributed by atoms with van der Waals surface area (Å²) >= 11 is 0. The summed E-state index contributed by atoms with van der Waals surface area (Å²) < 4.78 is 51.8. The Balaban J connectivity index is 2.86. The van der Waals surface area contributed by atoms with E-state index in [2.05, 4.69) is 4.74 Å². The molecule has 17 heavy (non-hydrogen) atoms. The molecule has 8 heteroatoms. The van der Waals surface area contributed by atoms with Crippen LogP contribution in [0.5, 0.6) is 0 Å². The predicted octanol–water partition coefficient (Wildman–Crippen LogP) is 1.44. The molecular weight excluding hydrogens is 256 g/mol. The predicted molar refractivity (Wildman–Crippen MR) is 56.3 cm³/mol. The van der Waals surface area contributed by atoms with Gasteiger partial charge in [-0.15, -0.1) is 0 Å². The Morgan fingerprint density at radius 3 is 2.24 bits per heavy atom.